The smallest absolute Gasteiger partial charge is 0.231 e. The van der Waals surface area contributed by atoms with Crippen molar-refractivity contribution in [1.29, 1.82) is 0 Å². The van der Waals surface area contributed by atoms with Gasteiger partial charge in [0.05, 0.1) is 28.4 Å². The molecule has 0 aliphatic carbocycles. The van der Waals surface area contributed by atoms with E-state index in [-0.39, 0.29) is 56.9 Å². The van der Waals surface area contributed by atoms with E-state index in [9.17, 15) is 0 Å². The van der Waals surface area contributed by atoms with Crippen molar-refractivity contribution >= 4 is 47.7 Å². The predicted octanol–water partition coefficient (Wildman–Crippen LogP) is 16.7. The maximum absolute atomic E-state index is 6.53. The maximum Gasteiger partial charge on any atom is 0.231 e. The van der Waals surface area contributed by atoms with E-state index >= 15 is 0 Å². The first-order chi connectivity index (χ1) is 38.5. The Kier molecular flexibility index (Phi) is 17.2. The molecular weight excluding hydrogens is 1080 g/mol. The van der Waals surface area contributed by atoms with Gasteiger partial charge in [0, 0.05) is 44.5 Å². The van der Waals surface area contributed by atoms with Crippen LogP contribution < -0.4 is 69.7 Å². The van der Waals surface area contributed by atoms with E-state index in [2.05, 4.69) is 239 Å². The van der Waals surface area contributed by atoms with Crippen molar-refractivity contribution in [1.82, 2.24) is 0 Å². The van der Waals surface area contributed by atoms with Crippen molar-refractivity contribution in [2.75, 3.05) is 42.0 Å². The zero-order valence-corrected chi connectivity index (χ0v) is 58.3. The SMILES string of the molecule is COc1c(C(C)(C)C)cc(P(c2cc(C(C)(C)C)c(OC)c(C(C)(C)C)c2)c2cc3c(cc2-c2cc4c(cc2P(c2cc(C(C)(C)C)c(OC)c(C(C)(C)C)c2)c2cc(C(C)(C)C)c(OC)c(C(C)(C)C)c2)OCO4)OCO3)cc1C(C)(C)C. The van der Waals surface area contributed by atoms with Crippen molar-refractivity contribution < 1.29 is 37.9 Å². The summed E-state index contributed by atoms with van der Waals surface area (Å²) in [5, 5.41) is 7.06. The third kappa shape index (κ3) is 12.6. The van der Waals surface area contributed by atoms with Gasteiger partial charge >= 0.3 is 0 Å². The highest BCUT2D eigenvalue weighted by Crippen LogP contribution is 2.54. The fourth-order valence-electron chi connectivity index (χ4n) is 11.8. The fraction of sp³-hybridized carbons (Fsp3) is 0.514. The first-order valence-electron chi connectivity index (χ1n) is 29.9. The summed E-state index contributed by atoms with van der Waals surface area (Å²) in [4.78, 5) is 0. The second-order valence-corrected chi connectivity index (χ2v) is 35.8. The van der Waals surface area contributed by atoms with E-state index < -0.39 is 15.8 Å². The van der Waals surface area contributed by atoms with E-state index in [1.54, 1.807) is 0 Å². The molecule has 0 fully saturated rings. The van der Waals surface area contributed by atoms with E-state index in [0.717, 1.165) is 89.2 Å². The maximum atomic E-state index is 6.53. The summed E-state index contributed by atoms with van der Waals surface area (Å²) in [7, 11) is 4.34. The lowest BCUT2D eigenvalue weighted by Crippen LogP contribution is -2.31. The van der Waals surface area contributed by atoms with Crippen molar-refractivity contribution in [2.45, 2.75) is 209 Å². The van der Waals surface area contributed by atoms with Crippen LogP contribution in [0.1, 0.15) is 211 Å². The Labute approximate surface area is 508 Å². The Hall–Kier alpha value is -5.42. The Morgan fingerprint density at radius 1 is 0.262 bits per heavy atom. The van der Waals surface area contributed by atoms with Gasteiger partial charge in [0.15, 0.2) is 23.0 Å². The molecule has 2 heterocycles. The second-order valence-electron chi connectivity index (χ2n) is 31.4. The van der Waals surface area contributed by atoms with Gasteiger partial charge in [0.25, 0.3) is 0 Å². The van der Waals surface area contributed by atoms with Gasteiger partial charge in [-0.1, -0.05) is 166 Å². The Bertz CT molecular complexity index is 2940. The van der Waals surface area contributed by atoms with Crippen molar-refractivity contribution in [3.05, 3.63) is 117 Å². The molecule has 6 aromatic rings. The number of rotatable bonds is 11. The van der Waals surface area contributed by atoms with Crippen molar-refractivity contribution in [3.8, 4) is 57.1 Å². The van der Waals surface area contributed by atoms with Crippen LogP contribution in [0, 0.1) is 0 Å². The minimum Gasteiger partial charge on any atom is -0.496 e. The predicted molar refractivity (Wildman–Crippen MR) is 357 cm³/mol. The lowest BCUT2D eigenvalue weighted by atomic mass is 9.79. The average Bonchev–Trinajstić information content (AvgIpc) is 1.08. The molecule has 0 spiro atoms. The normalized spacial score (nSPS) is 14.2. The minimum atomic E-state index is -1.47. The number of hydrogen-bond acceptors (Lipinski definition) is 8. The second kappa shape index (κ2) is 22.4. The minimum absolute atomic E-state index is 0.112. The topological polar surface area (TPSA) is 73.8 Å². The zero-order valence-electron chi connectivity index (χ0n) is 56.5. The Balaban J connectivity index is 1.66. The summed E-state index contributed by atoms with van der Waals surface area (Å²) in [6.07, 6.45) is 0. The monoisotopic (exact) mass is 1180 g/mol. The van der Waals surface area contributed by atoms with Gasteiger partial charge in [-0.2, -0.15) is 0 Å². The van der Waals surface area contributed by atoms with Crippen LogP contribution in [0.4, 0.5) is 0 Å². The number of benzene rings is 6. The fourth-order valence-corrected chi connectivity index (χ4v) is 16.9. The summed E-state index contributed by atoms with van der Waals surface area (Å²) in [6.45, 7) is 55.3. The van der Waals surface area contributed by atoms with Crippen molar-refractivity contribution in [2.24, 2.45) is 0 Å². The molecule has 0 unspecified atom stereocenters. The molecule has 0 bridgehead atoms. The van der Waals surface area contributed by atoms with Gasteiger partial charge in [-0.05, 0) is 175 Å². The molecule has 0 saturated heterocycles. The van der Waals surface area contributed by atoms with Crippen LogP contribution in [-0.4, -0.2) is 42.0 Å². The van der Waals surface area contributed by atoms with E-state index in [4.69, 9.17) is 37.9 Å². The summed E-state index contributed by atoms with van der Waals surface area (Å²) < 4.78 is 52.2. The van der Waals surface area contributed by atoms with Crippen LogP contribution in [0.3, 0.4) is 0 Å². The molecule has 0 atom stereocenters. The molecule has 84 heavy (non-hydrogen) atoms. The number of ether oxygens (including phenoxy) is 8. The summed E-state index contributed by atoms with van der Waals surface area (Å²) >= 11 is 0. The zero-order chi connectivity index (χ0) is 62.6. The first-order valence-corrected chi connectivity index (χ1v) is 32.6. The van der Waals surface area contributed by atoms with E-state index in [0.29, 0.717) is 23.0 Å². The molecule has 6 aromatic carbocycles. The number of hydrogen-bond donors (Lipinski definition) is 0. The summed E-state index contributed by atoms with van der Waals surface area (Å²) in [5.74, 6) is 6.53. The molecule has 2 aliphatic rings. The van der Waals surface area contributed by atoms with E-state index in [1.165, 1.54) is 21.2 Å². The number of fused-ring (bicyclic) bond motifs is 2. The molecule has 2 aliphatic heterocycles. The summed E-state index contributed by atoms with van der Waals surface area (Å²) in [5.41, 5.74) is 9.08. The third-order valence-electron chi connectivity index (χ3n) is 16.4. The Morgan fingerprint density at radius 2 is 0.429 bits per heavy atom. The molecule has 0 radical (unpaired) electrons. The lowest BCUT2D eigenvalue weighted by molar-refractivity contribution is 0.173. The van der Waals surface area contributed by atoms with Crippen LogP contribution in [0.5, 0.6) is 46.0 Å². The van der Waals surface area contributed by atoms with Gasteiger partial charge in [0.1, 0.15) is 23.0 Å². The molecular formula is C74H100O8P2. The molecule has 8 nitrogen and oxygen atoms in total. The van der Waals surface area contributed by atoms with Gasteiger partial charge in [0.2, 0.25) is 13.6 Å². The highest BCUT2D eigenvalue weighted by Gasteiger charge is 2.39. The van der Waals surface area contributed by atoms with Gasteiger partial charge < -0.3 is 37.9 Å². The first kappa shape index (κ1) is 64.6. The lowest BCUT2D eigenvalue weighted by Gasteiger charge is -2.35. The molecule has 0 saturated carbocycles. The molecule has 0 N–H and O–H groups in total. The molecule has 8 rings (SSSR count). The third-order valence-corrected chi connectivity index (χ3v) is 21.2. The van der Waals surface area contributed by atoms with Gasteiger partial charge in [-0.3, -0.25) is 0 Å². The average molecular weight is 1180 g/mol. The largest absolute Gasteiger partial charge is 0.496 e. The van der Waals surface area contributed by atoms with Crippen LogP contribution >= 0.6 is 15.8 Å². The molecule has 0 amide bonds. The highest BCUT2D eigenvalue weighted by atomic mass is 31.1. The van der Waals surface area contributed by atoms with Gasteiger partial charge in [-0.15, -0.1) is 0 Å². The van der Waals surface area contributed by atoms with Crippen LogP contribution in [0.25, 0.3) is 11.1 Å². The van der Waals surface area contributed by atoms with Gasteiger partial charge in [-0.25, -0.2) is 0 Å². The molecule has 0 aromatic heterocycles. The van der Waals surface area contributed by atoms with Crippen LogP contribution in [0.15, 0.2) is 72.8 Å². The number of methoxy groups -OCH3 is 4. The van der Waals surface area contributed by atoms with Crippen molar-refractivity contribution in [3.63, 3.8) is 0 Å². The van der Waals surface area contributed by atoms with Crippen LogP contribution in [-0.2, 0) is 43.3 Å². The highest BCUT2D eigenvalue weighted by molar-refractivity contribution is 7.80. The molecule has 10 heteroatoms. The van der Waals surface area contributed by atoms with Crippen LogP contribution in [0.2, 0.25) is 0 Å². The summed E-state index contributed by atoms with van der Waals surface area (Å²) in [6, 6.07) is 28.6. The molecule has 454 valence electrons. The van der Waals surface area contributed by atoms with E-state index in [1.807, 2.05) is 28.4 Å². The quantitative estimate of drug-likeness (QED) is 0.119. The standard InChI is InChI=1S/C74H100O8P2/c1-67(2,3)49-29-43(30-50(63(49)75-25)68(4,5)6)83(44-31-51(69(7,8)9)64(76-26)52(32-44)70(10,11)12)61-39-59-57(79-41-81-59)37-47(61)48-38-58-60(82-42-80-58)40-62(48)84(45-33-53(71(13,14)15)65(77-27)54(34-45)72(16,17)18)46-35-55(73(19,20)21)66(78-28)56(36-46)74(22,23)24/h29-40H,41-42H2,1-28H3. The Morgan fingerprint density at radius 3 is 0.583 bits per heavy atom.